The van der Waals surface area contributed by atoms with Crippen LogP contribution in [0.4, 0.5) is 5.69 Å². The van der Waals surface area contributed by atoms with Crippen molar-refractivity contribution in [2.75, 3.05) is 45.1 Å². The summed E-state index contributed by atoms with van der Waals surface area (Å²) in [4.78, 5) is 16.7. The van der Waals surface area contributed by atoms with Crippen LogP contribution in [0.15, 0.2) is 48.5 Å². The highest BCUT2D eigenvalue weighted by Gasteiger charge is 2.22. The molecule has 1 heterocycles. The van der Waals surface area contributed by atoms with Gasteiger partial charge in [-0.3, -0.25) is 9.69 Å². The molecule has 0 atom stereocenters. The van der Waals surface area contributed by atoms with E-state index in [4.69, 9.17) is 22.1 Å². The maximum absolute atomic E-state index is 12.5. The van der Waals surface area contributed by atoms with E-state index in [2.05, 4.69) is 4.90 Å². The second-order valence-corrected chi connectivity index (χ2v) is 6.45. The van der Waals surface area contributed by atoms with E-state index in [-0.39, 0.29) is 30.7 Å². The molecule has 0 aliphatic carbocycles. The Labute approximate surface area is 177 Å². The van der Waals surface area contributed by atoms with Crippen LogP contribution in [-0.4, -0.2) is 55.0 Å². The standard InChI is InChI=1S/C19H22ClN3O2.2ClH/c20-17-6-1-2-7-18(17)25-13-12-22-8-10-23(11-9-22)19(24)15-4-3-5-16(21)14-15;;/h1-7,14H,8-13,21H2;2*1H. The fourth-order valence-corrected chi connectivity index (χ4v) is 3.07. The van der Waals surface area contributed by atoms with E-state index in [0.717, 1.165) is 19.6 Å². The highest BCUT2D eigenvalue weighted by molar-refractivity contribution is 6.32. The third-order valence-electron chi connectivity index (χ3n) is 4.29. The van der Waals surface area contributed by atoms with Crippen molar-refractivity contribution in [3.8, 4) is 5.75 Å². The zero-order chi connectivity index (χ0) is 17.6. The Morgan fingerprint density at radius 3 is 2.41 bits per heavy atom. The Hall–Kier alpha value is -1.66. The largest absolute Gasteiger partial charge is 0.491 e. The fourth-order valence-electron chi connectivity index (χ4n) is 2.88. The van der Waals surface area contributed by atoms with Crippen molar-refractivity contribution >= 4 is 48.0 Å². The van der Waals surface area contributed by atoms with Gasteiger partial charge in [0.05, 0.1) is 5.02 Å². The molecule has 0 spiro atoms. The molecule has 0 radical (unpaired) electrons. The molecule has 1 saturated heterocycles. The number of ether oxygens (including phenoxy) is 1. The van der Waals surface area contributed by atoms with Crippen LogP contribution in [-0.2, 0) is 0 Å². The Morgan fingerprint density at radius 2 is 1.74 bits per heavy atom. The topological polar surface area (TPSA) is 58.8 Å². The average molecular weight is 433 g/mol. The van der Waals surface area contributed by atoms with Crippen molar-refractivity contribution < 1.29 is 9.53 Å². The zero-order valence-electron chi connectivity index (χ0n) is 14.8. The summed E-state index contributed by atoms with van der Waals surface area (Å²) < 4.78 is 5.73. The van der Waals surface area contributed by atoms with Crippen molar-refractivity contribution in [2.45, 2.75) is 0 Å². The molecule has 1 aliphatic rings. The van der Waals surface area contributed by atoms with E-state index in [1.807, 2.05) is 41.3 Å². The summed E-state index contributed by atoms with van der Waals surface area (Å²) in [5.41, 5.74) is 7.02. The van der Waals surface area contributed by atoms with Crippen LogP contribution >= 0.6 is 36.4 Å². The Kier molecular flexibility index (Phi) is 9.74. The zero-order valence-corrected chi connectivity index (χ0v) is 17.2. The molecule has 1 amide bonds. The van der Waals surface area contributed by atoms with Gasteiger partial charge in [-0.15, -0.1) is 24.8 Å². The van der Waals surface area contributed by atoms with Gasteiger partial charge in [0.2, 0.25) is 0 Å². The average Bonchev–Trinajstić information content (AvgIpc) is 2.63. The molecule has 5 nitrogen and oxygen atoms in total. The monoisotopic (exact) mass is 431 g/mol. The number of amides is 1. The predicted octanol–water partition coefficient (Wildman–Crippen LogP) is 3.60. The summed E-state index contributed by atoms with van der Waals surface area (Å²) >= 11 is 6.08. The van der Waals surface area contributed by atoms with Gasteiger partial charge in [-0.2, -0.15) is 0 Å². The van der Waals surface area contributed by atoms with Gasteiger partial charge in [-0.05, 0) is 30.3 Å². The molecule has 2 aromatic rings. The molecular weight excluding hydrogens is 409 g/mol. The number of piperazine rings is 1. The number of nitrogens with zero attached hydrogens (tertiary/aromatic N) is 2. The number of anilines is 1. The lowest BCUT2D eigenvalue weighted by Gasteiger charge is -2.34. The third-order valence-corrected chi connectivity index (χ3v) is 4.61. The van der Waals surface area contributed by atoms with Crippen molar-refractivity contribution in [1.82, 2.24) is 9.80 Å². The number of halogens is 3. The van der Waals surface area contributed by atoms with Crippen LogP contribution in [0.5, 0.6) is 5.75 Å². The SMILES string of the molecule is Cl.Cl.Nc1cccc(C(=O)N2CCN(CCOc3ccccc3Cl)CC2)c1. The Balaban J connectivity index is 0.00000182. The van der Waals surface area contributed by atoms with Gasteiger partial charge in [0.1, 0.15) is 12.4 Å². The van der Waals surface area contributed by atoms with E-state index in [1.54, 1.807) is 12.1 Å². The fraction of sp³-hybridized carbons (Fsp3) is 0.316. The van der Waals surface area contributed by atoms with E-state index in [0.29, 0.717) is 41.7 Å². The van der Waals surface area contributed by atoms with Gasteiger partial charge >= 0.3 is 0 Å². The summed E-state index contributed by atoms with van der Waals surface area (Å²) in [6.07, 6.45) is 0. The summed E-state index contributed by atoms with van der Waals surface area (Å²) in [7, 11) is 0. The van der Waals surface area contributed by atoms with Crippen molar-refractivity contribution in [3.63, 3.8) is 0 Å². The van der Waals surface area contributed by atoms with Crippen LogP contribution in [0, 0.1) is 0 Å². The van der Waals surface area contributed by atoms with Gasteiger partial charge in [-0.1, -0.05) is 29.8 Å². The first-order valence-corrected chi connectivity index (χ1v) is 8.76. The smallest absolute Gasteiger partial charge is 0.254 e. The molecule has 0 saturated carbocycles. The molecule has 0 unspecified atom stereocenters. The molecule has 0 bridgehead atoms. The maximum Gasteiger partial charge on any atom is 0.254 e. The van der Waals surface area contributed by atoms with Crippen LogP contribution < -0.4 is 10.5 Å². The predicted molar refractivity (Wildman–Crippen MR) is 115 cm³/mol. The first-order valence-electron chi connectivity index (χ1n) is 8.38. The second kappa shape index (κ2) is 11.2. The lowest BCUT2D eigenvalue weighted by molar-refractivity contribution is 0.0620. The van der Waals surface area contributed by atoms with Gasteiger partial charge in [0.25, 0.3) is 5.91 Å². The molecule has 0 aromatic heterocycles. The number of hydrogen-bond donors (Lipinski definition) is 1. The van der Waals surface area contributed by atoms with Crippen molar-refractivity contribution in [2.24, 2.45) is 0 Å². The van der Waals surface area contributed by atoms with Crippen LogP contribution in [0.1, 0.15) is 10.4 Å². The normalized spacial score (nSPS) is 14.0. The van der Waals surface area contributed by atoms with Crippen LogP contribution in [0.3, 0.4) is 0 Å². The number of nitrogen functional groups attached to an aromatic ring is 1. The quantitative estimate of drug-likeness (QED) is 0.733. The minimum Gasteiger partial charge on any atom is -0.491 e. The highest BCUT2D eigenvalue weighted by atomic mass is 35.5. The number of carbonyl (C=O) groups excluding carboxylic acids is 1. The molecule has 1 fully saturated rings. The number of nitrogens with two attached hydrogens (primary N) is 1. The number of rotatable bonds is 5. The number of hydrogen-bond acceptors (Lipinski definition) is 4. The summed E-state index contributed by atoms with van der Waals surface area (Å²) in [5.74, 6) is 0.749. The number of carbonyl (C=O) groups is 1. The lowest BCUT2D eigenvalue weighted by atomic mass is 10.1. The number of para-hydroxylation sites is 1. The van der Waals surface area contributed by atoms with E-state index < -0.39 is 0 Å². The minimum absolute atomic E-state index is 0. The maximum atomic E-state index is 12.5. The van der Waals surface area contributed by atoms with Crippen LogP contribution in [0.2, 0.25) is 5.02 Å². The van der Waals surface area contributed by atoms with Gasteiger partial charge in [0.15, 0.2) is 0 Å². The molecule has 3 rings (SSSR count). The van der Waals surface area contributed by atoms with E-state index in [9.17, 15) is 4.79 Å². The second-order valence-electron chi connectivity index (χ2n) is 6.04. The van der Waals surface area contributed by atoms with E-state index in [1.165, 1.54) is 0 Å². The Morgan fingerprint density at radius 1 is 1.04 bits per heavy atom. The molecule has 2 aromatic carbocycles. The molecule has 27 heavy (non-hydrogen) atoms. The van der Waals surface area contributed by atoms with E-state index >= 15 is 0 Å². The molecular formula is C19H24Cl3N3O2. The molecule has 2 N–H and O–H groups in total. The third kappa shape index (κ3) is 6.47. The van der Waals surface area contributed by atoms with Crippen molar-refractivity contribution in [1.29, 1.82) is 0 Å². The highest BCUT2D eigenvalue weighted by Crippen LogP contribution is 2.23. The van der Waals surface area contributed by atoms with Gasteiger partial charge in [0, 0.05) is 44.0 Å². The first kappa shape index (κ1) is 23.4. The first-order chi connectivity index (χ1) is 12.1. The lowest BCUT2D eigenvalue weighted by Crippen LogP contribution is -2.49. The van der Waals surface area contributed by atoms with Gasteiger partial charge < -0.3 is 15.4 Å². The van der Waals surface area contributed by atoms with Gasteiger partial charge in [-0.25, -0.2) is 0 Å². The number of benzene rings is 2. The molecule has 8 heteroatoms. The minimum atomic E-state index is 0. The van der Waals surface area contributed by atoms with Crippen molar-refractivity contribution in [3.05, 3.63) is 59.1 Å². The molecule has 1 aliphatic heterocycles. The van der Waals surface area contributed by atoms with Crippen LogP contribution in [0.25, 0.3) is 0 Å². The summed E-state index contributed by atoms with van der Waals surface area (Å²) in [6.45, 7) is 4.47. The summed E-state index contributed by atoms with van der Waals surface area (Å²) in [5, 5.41) is 0.625. The summed E-state index contributed by atoms with van der Waals surface area (Å²) in [6, 6.07) is 14.6. The Bertz CT molecular complexity index is 738. The molecule has 148 valence electrons.